The van der Waals surface area contributed by atoms with Crippen LogP contribution in [0.4, 0.5) is 8.68 Å². The zero-order chi connectivity index (χ0) is 14.0. The molecule has 1 aliphatic rings. The van der Waals surface area contributed by atoms with Crippen LogP contribution in [0.3, 0.4) is 0 Å². The molecule has 1 unspecified atom stereocenters. The average molecular weight is 281 g/mol. The van der Waals surface area contributed by atoms with E-state index in [0.717, 1.165) is 12.8 Å². The second-order valence-corrected chi connectivity index (χ2v) is 7.14. The number of halogens is 1. The molecule has 18 heavy (non-hydrogen) atoms. The summed E-state index contributed by atoms with van der Waals surface area (Å²) in [6, 6.07) is -0.720. The van der Waals surface area contributed by atoms with Crippen LogP contribution in [-0.2, 0) is 15.0 Å². The Bertz CT molecular complexity index is 398. The number of carbonyl (C=O) groups is 1. The SMILES string of the molecule is CC(C)(C)OC(=O)NC(CC1CC1)CS(=O)(=O)F. The van der Waals surface area contributed by atoms with Crippen molar-refractivity contribution in [3.05, 3.63) is 0 Å². The summed E-state index contributed by atoms with van der Waals surface area (Å²) in [5.74, 6) is -0.311. The van der Waals surface area contributed by atoms with Crippen LogP contribution < -0.4 is 5.32 Å². The molecule has 1 aliphatic carbocycles. The molecule has 1 N–H and O–H groups in total. The molecule has 0 aromatic heterocycles. The van der Waals surface area contributed by atoms with Crippen molar-refractivity contribution >= 4 is 16.3 Å². The Morgan fingerprint density at radius 2 is 2.00 bits per heavy atom. The van der Waals surface area contributed by atoms with Crippen LogP contribution in [0.2, 0.25) is 0 Å². The molecule has 0 bridgehead atoms. The van der Waals surface area contributed by atoms with Gasteiger partial charge in [0.1, 0.15) is 11.4 Å². The summed E-state index contributed by atoms with van der Waals surface area (Å²) < 4.78 is 39.0. The number of rotatable bonds is 5. The summed E-state index contributed by atoms with van der Waals surface area (Å²) in [6.07, 6.45) is 1.76. The molecular formula is C11H20FNO4S. The zero-order valence-corrected chi connectivity index (χ0v) is 11.7. The Hall–Kier alpha value is -0.850. The van der Waals surface area contributed by atoms with Gasteiger partial charge in [-0.05, 0) is 33.1 Å². The van der Waals surface area contributed by atoms with Crippen LogP contribution in [0.1, 0.15) is 40.0 Å². The number of carbonyl (C=O) groups excluding carboxylic acids is 1. The predicted octanol–water partition coefficient (Wildman–Crippen LogP) is 1.98. The second kappa shape index (κ2) is 5.42. The predicted molar refractivity (Wildman–Crippen MR) is 65.4 cm³/mol. The Morgan fingerprint density at radius 3 is 2.39 bits per heavy atom. The quantitative estimate of drug-likeness (QED) is 0.782. The number of alkyl carbamates (subject to hydrolysis) is 1. The van der Waals surface area contributed by atoms with Gasteiger partial charge < -0.3 is 10.1 Å². The molecule has 106 valence electrons. The van der Waals surface area contributed by atoms with Gasteiger partial charge >= 0.3 is 16.3 Å². The molecule has 1 amide bonds. The van der Waals surface area contributed by atoms with Crippen molar-refractivity contribution < 1.29 is 21.8 Å². The van der Waals surface area contributed by atoms with E-state index in [2.05, 4.69) is 5.32 Å². The highest BCUT2D eigenvalue weighted by atomic mass is 32.3. The fourth-order valence-electron chi connectivity index (χ4n) is 1.64. The Kier molecular flexibility index (Phi) is 4.58. The lowest BCUT2D eigenvalue weighted by molar-refractivity contribution is 0.0506. The normalized spacial score (nSPS) is 18.2. The third-order valence-corrected chi connectivity index (χ3v) is 3.24. The number of amides is 1. The first-order chi connectivity index (χ1) is 8.05. The van der Waals surface area contributed by atoms with Gasteiger partial charge in [-0.2, -0.15) is 8.42 Å². The summed E-state index contributed by atoms with van der Waals surface area (Å²) >= 11 is 0. The van der Waals surface area contributed by atoms with E-state index >= 15 is 0 Å². The third-order valence-electron chi connectivity index (χ3n) is 2.44. The molecule has 0 spiro atoms. The number of nitrogens with one attached hydrogen (secondary N) is 1. The van der Waals surface area contributed by atoms with Gasteiger partial charge in [-0.15, -0.1) is 3.89 Å². The van der Waals surface area contributed by atoms with E-state index in [1.165, 1.54) is 0 Å². The van der Waals surface area contributed by atoms with Gasteiger partial charge in [0.2, 0.25) is 0 Å². The number of hydrogen-bond acceptors (Lipinski definition) is 4. The molecule has 0 saturated heterocycles. The van der Waals surface area contributed by atoms with E-state index in [1.54, 1.807) is 20.8 Å². The summed E-state index contributed by atoms with van der Waals surface area (Å²) in [6.45, 7) is 5.11. The van der Waals surface area contributed by atoms with E-state index in [9.17, 15) is 17.1 Å². The molecule has 5 nitrogen and oxygen atoms in total. The van der Waals surface area contributed by atoms with Crippen LogP contribution in [0.5, 0.6) is 0 Å². The van der Waals surface area contributed by atoms with E-state index in [-0.39, 0.29) is 0 Å². The maximum absolute atomic E-state index is 12.7. The molecule has 0 aliphatic heterocycles. The lowest BCUT2D eigenvalue weighted by atomic mass is 10.1. The van der Waals surface area contributed by atoms with E-state index in [1.807, 2.05) is 0 Å². The van der Waals surface area contributed by atoms with Crippen molar-refractivity contribution in [1.82, 2.24) is 5.32 Å². The topological polar surface area (TPSA) is 72.5 Å². The molecule has 7 heteroatoms. The molecule has 1 fully saturated rings. The van der Waals surface area contributed by atoms with Crippen LogP contribution in [0, 0.1) is 5.92 Å². The lowest BCUT2D eigenvalue weighted by Crippen LogP contribution is -2.42. The highest BCUT2D eigenvalue weighted by molar-refractivity contribution is 7.86. The largest absolute Gasteiger partial charge is 0.444 e. The zero-order valence-electron chi connectivity index (χ0n) is 10.9. The molecule has 0 radical (unpaired) electrons. The van der Waals surface area contributed by atoms with E-state index < -0.39 is 33.7 Å². The van der Waals surface area contributed by atoms with Crippen LogP contribution in [0.25, 0.3) is 0 Å². The van der Waals surface area contributed by atoms with Crippen molar-refractivity contribution in [3.8, 4) is 0 Å². The summed E-state index contributed by atoms with van der Waals surface area (Å²) in [5.41, 5.74) is -0.664. The molecule has 0 heterocycles. The first kappa shape index (κ1) is 15.2. The van der Waals surface area contributed by atoms with E-state index in [0.29, 0.717) is 12.3 Å². The van der Waals surface area contributed by atoms with Gasteiger partial charge in [0.15, 0.2) is 0 Å². The third kappa shape index (κ3) is 7.47. The van der Waals surface area contributed by atoms with Crippen molar-refractivity contribution in [2.45, 2.75) is 51.7 Å². The van der Waals surface area contributed by atoms with Gasteiger partial charge in [-0.1, -0.05) is 12.8 Å². The van der Waals surface area contributed by atoms with E-state index in [4.69, 9.17) is 4.74 Å². The lowest BCUT2D eigenvalue weighted by Gasteiger charge is -2.22. The minimum absolute atomic E-state index is 0.381. The monoisotopic (exact) mass is 281 g/mol. The van der Waals surface area contributed by atoms with Crippen LogP contribution in [-0.4, -0.2) is 31.9 Å². The van der Waals surface area contributed by atoms with Gasteiger partial charge in [0, 0.05) is 6.04 Å². The highest BCUT2D eigenvalue weighted by Crippen LogP contribution is 2.33. The molecule has 0 aromatic rings. The molecule has 1 rings (SSSR count). The molecule has 0 aromatic carbocycles. The maximum Gasteiger partial charge on any atom is 0.407 e. The van der Waals surface area contributed by atoms with Crippen molar-refractivity contribution in [2.24, 2.45) is 5.92 Å². The van der Waals surface area contributed by atoms with Gasteiger partial charge in [-0.3, -0.25) is 0 Å². The molecule has 1 saturated carbocycles. The summed E-state index contributed by atoms with van der Waals surface area (Å²) in [4.78, 5) is 11.5. The van der Waals surface area contributed by atoms with Crippen LogP contribution >= 0.6 is 0 Å². The fourth-order valence-corrected chi connectivity index (χ4v) is 2.34. The van der Waals surface area contributed by atoms with Crippen LogP contribution in [0.15, 0.2) is 0 Å². The first-order valence-electron chi connectivity index (χ1n) is 5.97. The summed E-state index contributed by atoms with van der Waals surface area (Å²) in [5, 5.41) is 2.42. The standard InChI is InChI=1S/C11H20FNO4S/c1-11(2,3)17-10(14)13-9(6-8-4-5-8)7-18(12,15)16/h8-9H,4-7H2,1-3H3,(H,13,14). The highest BCUT2D eigenvalue weighted by Gasteiger charge is 2.30. The minimum atomic E-state index is -4.60. The maximum atomic E-state index is 12.7. The number of ether oxygens (including phenoxy) is 1. The Labute approximate surface area is 107 Å². The van der Waals surface area contributed by atoms with Gasteiger partial charge in [-0.25, -0.2) is 4.79 Å². The second-order valence-electron chi connectivity index (χ2n) is 5.73. The van der Waals surface area contributed by atoms with Crippen molar-refractivity contribution in [3.63, 3.8) is 0 Å². The van der Waals surface area contributed by atoms with Crippen molar-refractivity contribution in [2.75, 3.05) is 5.75 Å². The fraction of sp³-hybridized carbons (Fsp3) is 0.909. The smallest absolute Gasteiger partial charge is 0.407 e. The Balaban J connectivity index is 2.51. The average Bonchev–Trinajstić information content (AvgIpc) is 2.79. The van der Waals surface area contributed by atoms with Gasteiger partial charge in [0.25, 0.3) is 0 Å². The first-order valence-corrected chi connectivity index (χ1v) is 7.52. The van der Waals surface area contributed by atoms with Gasteiger partial charge in [0.05, 0.1) is 0 Å². The Morgan fingerprint density at radius 1 is 1.44 bits per heavy atom. The molecular weight excluding hydrogens is 261 g/mol. The molecule has 1 atom stereocenters. The minimum Gasteiger partial charge on any atom is -0.444 e. The van der Waals surface area contributed by atoms with Crippen molar-refractivity contribution in [1.29, 1.82) is 0 Å². The number of hydrogen-bond donors (Lipinski definition) is 1. The summed E-state index contributed by atoms with van der Waals surface area (Å²) in [7, 11) is -4.60.